The van der Waals surface area contributed by atoms with Crippen molar-refractivity contribution in [3.05, 3.63) is 35.4 Å². The van der Waals surface area contributed by atoms with E-state index in [1.165, 1.54) is 44.9 Å². The van der Waals surface area contributed by atoms with E-state index in [0.717, 1.165) is 44.2 Å². The molecule has 4 nitrogen and oxygen atoms in total. The Hall–Kier alpha value is -1.10. The predicted octanol–water partition coefficient (Wildman–Crippen LogP) is 5.85. The van der Waals surface area contributed by atoms with Crippen LogP contribution in [0.4, 0.5) is 0 Å². The standard InChI is InChI=1S/C25H38ClNO3/c1-2-3-14-25(16-5-17-25)15-4-6-23(28)27-18-13-21(26)22(27)12-9-19-7-10-20(11-8-19)24(29)30/h7-8,10-11,21-23,28H,2-6,9,12-18H2,1H3,(H,29,30). The molecule has 1 saturated carbocycles. The molecule has 0 amide bonds. The number of benzene rings is 1. The van der Waals surface area contributed by atoms with Crippen LogP contribution in [0.25, 0.3) is 0 Å². The molecule has 3 atom stereocenters. The van der Waals surface area contributed by atoms with E-state index >= 15 is 0 Å². The first kappa shape index (κ1) is 23.6. The van der Waals surface area contributed by atoms with E-state index < -0.39 is 12.2 Å². The fourth-order valence-corrected chi connectivity index (χ4v) is 5.73. The molecule has 0 aromatic heterocycles. The fourth-order valence-electron chi connectivity index (χ4n) is 5.36. The van der Waals surface area contributed by atoms with E-state index in [9.17, 15) is 9.90 Å². The van der Waals surface area contributed by atoms with Crippen molar-refractivity contribution >= 4 is 17.6 Å². The quantitative estimate of drug-likeness (QED) is 0.404. The minimum Gasteiger partial charge on any atom is -0.478 e. The summed E-state index contributed by atoms with van der Waals surface area (Å²) in [6.07, 6.45) is 13.5. The van der Waals surface area contributed by atoms with Gasteiger partial charge in [0.2, 0.25) is 0 Å². The van der Waals surface area contributed by atoms with Crippen LogP contribution in [0.1, 0.15) is 93.5 Å². The topological polar surface area (TPSA) is 60.8 Å². The van der Waals surface area contributed by atoms with Gasteiger partial charge in [-0.05, 0) is 80.9 Å². The first-order valence-electron chi connectivity index (χ1n) is 11.8. The number of likely N-dealkylation sites (tertiary alicyclic amines) is 1. The fraction of sp³-hybridized carbons (Fsp3) is 0.720. The van der Waals surface area contributed by atoms with Crippen LogP contribution in [0.3, 0.4) is 0 Å². The number of hydrogen-bond donors (Lipinski definition) is 2. The molecule has 2 aliphatic rings. The van der Waals surface area contributed by atoms with Gasteiger partial charge in [-0.15, -0.1) is 11.6 Å². The van der Waals surface area contributed by atoms with E-state index in [0.29, 0.717) is 11.0 Å². The van der Waals surface area contributed by atoms with E-state index in [-0.39, 0.29) is 11.4 Å². The highest BCUT2D eigenvalue weighted by Crippen LogP contribution is 2.49. The second kappa shape index (κ2) is 11.0. The molecule has 3 rings (SSSR count). The third-order valence-electron chi connectivity index (χ3n) is 7.46. The van der Waals surface area contributed by atoms with Crippen LogP contribution in [0.2, 0.25) is 0 Å². The van der Waals surface area contributed by atoms with Gasteiger partial charge >= 0.3 is 5.97 Å². The number of unbranched alkanes of at least 4 members (excludes halogenated alkanes) is 1. The minimum atomic E-state index is -0.897. The highest BCUT2D eigenvalue weighted by molar-refractivity contribution is 6.21. The van der Waals surface area contributed by atoms with Gasteiger partial charge in [-0.25, -0.2) is 4.79 Å². The SMILES string of the molecule is CCCCC1(CCCC(O)N2CCC(Cl)C2CCc2ccc(C(=O)O)cc2)CCC1. The summed E-state index contributed by atoms with van der Waals surface area (Å²) in [7, 11) is 0. The molecule has 30 heavy (non-hydrogen) atoms. The summed E-state index contributed by atoms with van der Waals surface area (Å²) in [6, 6.07) is 7.27. The van der Waals surface area contributed by atoms with Crippen molar-refractivity contribution in [1.29, 1.82) is 0 Å². The molecule has 1 aromatic rings. The number of rotatable bonds is 12. The number of halogens is 1. The molecule has 0 spiro atoms. The Kier molecular flexibility index (Phi) is 8.62. The van der Waals surface area contributed by atoms with Gasteiger partial charge < -0.3 is 10.2 Å². The Balaban J connectivity index is 1.47. The van der Waals surface area contributed by atoms with Crippen LogP contribution in [-0.4, -0.2) is 45.3 Å². The number of carbonyl (C=O) groups is 1. The predicted molar refractivity (Wildman–Crippen MR) is 122 cm³/mol. The van der Waals surface area contributed by atoms with E-state index in [4.69, 9.17) is 16.7 Å². The van der Waals surface area contributed by atoms with Crippen LogP contribution in [0.5, 0.6) is 0 Å². The third-order valence-corrected chi connectivity index (χ3v) is 7.97. The van der Waals surface area contributed by atoms with Gasteiger partial charge in [-0.2, -0.15) is 0 Å². The Labute approximate surface area is 186 Å². The van der Waals surface area contributed by atoms with Crippen LogP contribution < -0.4 is 0 Å². The summed E-state index contributed by atoms with van der Waals surface area (Å²) in [5.74, 6) is -0.897. The van der Waals surface area contributed by atoms with Gasteiger partial charge in [0.25, 0.3) is 0 Å². The number of aliphatic hydroxyl groups excluding tert-OH is 1. The van der Waals surface area contributed by atoms with Gasteiger partial charge in [0, 0.05) is 12.6 Å². The molecule has 1 saturated heterocycles. The molecule has 1 aliphatic heterocycles. The molecular formula is C25H38ClNO3. The van der Waals surface area contributed by atoms with Gasteiger partial charge in [-0.1, -0.05) is 38.3 Å². The number of aliphatic hydroxyl groups is 1. The number of nitrogens with zero attached hydrogens (tertiary/aromatic N) is 1. The molecule has 5 heteroatoms. The maximum atomic E-state index is 11.0. The van der Waals surface area contributed by atoms with Crippen LogP contribution in [0.15, 0.2) is 24.3 Å². The molecule has 0 radical (unpaired) electrons. The van der Waals surface area contributed by atoms with Gasteiger partial charge in [0.05, 0.1) is 10.9 Å². The first-order chi connectivity index (χ1) is 14.4. The normalized spacial score (nSPS) is 24.5. The smallest absolute Gasteiger partial charge is 0.335 e. The molecule has 3 unspecified atom stereocenters. The van der Waals surface area contributed by atoms with Crippen molar-refractivity contribution in [2.45, 2.75) is 102 Å². The lowest BCUT2D eigenvalue weighted by Crippen LogP contribution is -2.42. The maximum Gasteiger partial charge on any atom is 0.335 e. The second-order valence-corrected chi connectivity index (χ2v) is 10.0. The minimum absolute atomic E-state index is 0.0699. The summed E-state index contributed by atoms with van der Waals surface area (Å²) >= 11 is 6.61. The lowest BCUT2D eigenvalue weighted by molar-refractivity contribution is -0.0182. The monoisotopic (exact) mass is 435 g/mol. The average molecular weight is 436 g/mol. The summed E-state index contributed by atoms with van der Waals surface area (Å²) in [5.41, 5.74) is 2.00. The van der Waals surface area contributed by atoms with Crippen molar-refractivity contribution in [3.63, 3.8) is 0 Å². The van der Waals surface area contributed by atoms with E-state index in [2.05, 4.69) is 11.8 Å². The molecular weight excluding hydrogens is 398 g/mol. The van der Waals surface area contributed by atoms with Crippen LogP contribution in [-0.2, 0) is 6.42 Å². The Morgan fingerprint density at radius 3 is 2.53 bits per heavy atom. The largest absolute Gasteiger partial charge is 0.478 e. The summed E-state index contributed by atoms with van der Waals surface area (Å²) in [6.45, 7) is 3.13. The first-order valence-corrected chi connectivity index (χ1v) is 12.3. The second-order valence-electron chi connectivity index (χ2n) is 9.48. The molecule has 1 aromatic carbocycles. The summed E-state index contributed by atoms with van der Waals surface area (Å²) in [4.78, 5) is 13.2. The van der Waals surface area contributed by atoms with Crippen molar-refractivity contribution in [1.82, 2.24) is 4.90 Å². The Morgan fingerprint density at radius 1 is 1.23 bits per heavy atom. The van der Waals surface area contributed by atoms with Crippen LogP contribution in [0, 0.1) is 5.41 Å². The number of aryl methyl sites for hydroxylation is 1. The molecule has 1 aliphatic carbocycles. The summed E-state index contributed by atoms with van der Waals surface area (Å²) in [5, 5.41) is 20.0. The van der Waals surface area contributed by atoms with E-state index in [1.54, 1.807) is 12.1 Å². The molecule has 0 bridgehead atoms. The van der Waals surface area contributed by atoms with E-state index in [1.807, 2.05) is 12.1 Å². The van der Waals surface area contributed by atoms with Crippen molar-refractivity contribution in [2.75, 3.05) is 6.54 Å². The third kappa shape index (κ3) is 5.99. The van der Waals surface area contributed by atoms with Crippen LogP contribution >= 0.6 is 11.6 Å². The number of carboxylic acids is 1. The Bertz CT molecular complexity index is 673. The van der Waals surface area contributed by atoms with Gasteiger partial charge in [-0.3, -0.25) is 4.90 Å². The van der Waals surface area contributed by atoms with Crippen molar-refractivity contribution < 1.29 is 15.0 Å². The number of carboxylic acid groups (broad SMARTS) is 1. The molecule has 2 fully saturated rings. The zero-order chi connectivity index (χ0) is 21.6. The molecule has 1 heterocycles. The highest BCUT2D eigenvalue weighted by Gasteiger charge is 2.38. The van der Waals surface area contributed by atoms with Gasteiger partial charge in [0.1, 0.15) is 6.23 Å². The van der Waals surface area contributed by atoms with Crippen molar-refractivity contribution in [2.24, 2.45) is 5.41 Å². The number of alkyl halides is 1. The molecule has 2 N–H and O–H groups in total. The zero-order valence-electron chi connectivity index (χ0n) is 18.4. The number of aromatic carboxylic acids is 1. The lowest BCUT2D eigenvalue weighted by atomic mass is 9.63. The number of hydrogen-bond acceptors (Lipinski definition) is 3. The molecule has 168 valence electrons. The highest BCUT2D eigenvalue weighted by atomic mass is 35.5. The average Bonchev–Trinajstić information content (AvgIpc) is 3.08. The maximum absolute atomic E-state index is 11.0. The zero-order valence-corrected chi connectivity index (χ0v) is 19.1. The van der Waals surface area contributed by atoms with Gasteiger partial charge in [0.15, 0.2) is 0 Å². The lowest BCUT2D eigenvalue weighted by Gasteiger charge is -2.43. The summed E-state index contributed by atoms with van der Waals surface area (Å²) < 4.78 is 0. The Morgan fingerprint density at radius 2 is 1.93 bits per heavy atom. The van der Waals surface area contributed by atoms with Crippen molar-refractivity contribution in [3.8, 4) is 0 Å².